The van der Waals surface area contributed by atoms with Crippen LogP contribution in [0.15, 0.2) is 22.7 Å². The lowest BCUT2D eigenvalue weighted by molar-refractivity contribution is 0.0913. The number of piperidine rings is 1. The van der Waals surface area contributed by atoms with Crippen molar-refractivity contribution in [1.82, 2.24) is 10.6 Å². The number of carbonyl (C=O) groups is 1. The summed E-state index contributed by atoms with van der Waals surface area (Å²) < 4.78 is 0.965. The largest absolute Gasteiger partial charge is 0.342 e. The molecule has 1 spiro atoms. The molecule has 0 radical (unpaired) electrons. The van der Waals surface area contributed by atoms with E-state index < -0.39 is 0 Å². The number of nitrogens with one attached hydrogen (secondary N) is 2. The first-order valence-electron chi connectivity index (χ1n) is 5.55. The van der Waals surface area contributed by atoms with Crippen LogP contribution in [-0.2, 0) is 5.54 Å². The highest BCUT2D eigenvalue weighted by molar-refractivity contribution is 9.10. The number of hydrogen-bond donors (Lipinski definition) is 2. The minimum absolute atomic E-state index is 0. The molecule has 2 aliphatic heterocycles. The number of rotatable bonds is 0. The standard InChI is InChI=1S/C12H13BrN2O.ClH/c13-8-1-2-10-9(7-8)11(16)15-12(10)3-5-14-6-4-12;/h1-2,7,14H,3-6H2,(H,15,16);1H. The molecule has 0 unspecified atom stereocenters. The van der Waals surface area contributed by atoms with Crippen molar-refractivity contribution in [2.45, 2.75) is 18.4 Å². The molecule has 1 aromatic carbocycles. The zero-order valence-electron chi connectivity index (χ0n) is 9.25. The van der Waals surface area contributed by atoms with Crippen LogP contribution < -0.4 is 10.6 Å². The number of hydrogen-bond acceptors (Lipinski definition) is 2. The predicted octanol–water partition coefficient (Wildman–Crippen LogP) is 2.19. The van der Waals surface area contributed by atoms with Crippen LogP contribution in [0.25, 0.3) is 0 Å². The van der Waals surface area contributed by atoms with Crippen molar-refractivity contribution >= 4 is 34.2 Å². The Bertz CT molecular complexity index is 458. The van der Waals surface area contributed by atoms with E-state index in [1.54, 1.807) is 0 Å². The van der Waals surface area contributed by atoms with E-state index in [1.807, 2.05) is 12.1 Å². The lowest BCUT2D eigenvalue weighted by atomic mass is 9.82. The Morgan fingerprint density at radius 2 is 1.94 bits per heavy atom. The van der Waals surface area contributed by atoms with Gasteiger partial charge in [0.05, 0.1) is 5.54 Å². The molecule has 0 bridgehead atoms. The van der Waals surface area contributed by atoms with Crippen LogP contribution in [0.3, 0.4) is 0 Å². The van der Waals surface area contributed by atoms with E-state index >= 15 is 0 Å². The molecule has 0 atom stereocenters. The molecule has 3 rings (SSSR count). The number of amides is 1. The summed E-state index contributed by atoms with van der Waals surface area (Å²) in [7, 11) is 0. The fourth-order valence-corrected chi connectivity index (χ4v) is 3.08. The first-order valence-corrected chi connectivity index (χ1v) is 6.34. The summed E-state index contributed by atoms with van der Waals surface area (Å²) in [6.07, 6.45) is 1.96. The first kappa shape index (κ1) is 12.9. The van der Waals surface area contributed by atoms with Gasteiger partial charge >= 0.3 is 0 Å². The summed E-state index contributed by atoms with van der Waals surface area (Å²) >= 11 is 3.41. The molecular formula is C12H14BrClN2O. The number of benzene rings is 1. The van der Waals surface area contributed by atoms with Gasteiger partial charge in [0.25, 0.3) is 5.91 Å². The molecule has 92 valence electrons. The van der Waals surface area contributed by atoms with E-state index in [-0.39, 0.29) is 23.9 Å². The summed E-state index contributed by atoms with van der Waals surface area (Å²) in [5, 5.41) is 6.49. The maximum atomic E-state index is 11.9. The van der Waals surface area contributed by atoms with E-state index in [2.05, 4.69) is 32.6 Å². The van der Waals surface area contributed by atoms with Crippen molar-refractivity contribution in [2.75, 3.05) is 13.1 Å². The summed E-state index contributed by atoms with van der Waals surface area (Å²) in [6.45, 7) is 1.94. The molecule has 2 heterocycles. The minimum atomic E-state index is -0.113. The molecule has 2 aliphatic rings. The monoisotopic (exact) mass is 316 g/mol. The fourth-order valence-electron chi connectivity index (χ4n) is 2.72. The molecule has 0 aromatic heterocycles. The number of carbonyl (C=O) groups excluding carboxylic acids is 1. The van der Waals surface area contributed by atoms with Gasteiger partial charge in [0.15, 0.2) is 0 Å². The van der Waals surface area contributed by atoms with Crippen LogP contribution >= 0.6 is 28.3 Å². The lowest BCUT2D eigenvalue weighted by Crippen LogP contribution is -2.47. The third kappa shape index (κ3) is 1.98. The van der Waals surface area contributed by atoms with Gasteiger partial charge in [-0.25, -0.2) is 0 Å². The van der Waals surface area contributed by atoms with Gasteiger partial charge in [-0.1, -0.05) is 22.0 Å². The molecule has 1 saturated heterocycles. The maximum absolute atomic E-state index is 11.9. The molecule has 5 heteroatoms. The fraction of sp³-hybridized carbons (Fsp3) is 0.417. The van der Waals surface area contributed by atoms with E-state index in [4.69, 9.17) is 0 Å². The molecule has 0 aliphatic carbocycles. The van der Waals surface area contributed by atoms with Crippen LogP contribution in [0.1, 0.15) is 28.8 Å². The summed E-state index contributed by atoms with van der Waals surface area (Å²) in [6, 6.07) is 6.01. The Morgan fingerprint density at radius 3 is 2.65 bits per heavy atom. The van der Waals surface area contributed by atoms with Gasteiger partial charge in [-0.3, -0.25) is 4.79 Å². The van der Waals surface area contributed by atoms with Crippen LogP contribution in [0, 0.1) is 0 Å². The minimum Gasteiger partial charge on any atom is -0.342 e. The molecule has 1 amide bonds. The van der Waals surface area contributed by atoms with Gasteiger partial charge in [0.2, 0.25) is 0 Å². The smallest absolute Gasteiger partial charge is 0.252 e. The zero-order valence-corrected chi connectivity index (χ0v) is 11.7. The van der Waals surface area contributed by atoms with E-state index in [1.165, 1.54) is 5.56 Å². The highest BCUT2D eigenvalue weighted by atomic mass is 79.9. The molecule has 0 saturated carbocycles. The molecule has 1 fully saturated rings. The summed E-state index contributed by atoms with van der Waals surface area (Å²) in [4.78, 5) is 11.9. The Hall–Kier alpha value is -0.580. The van der Waals surface area contributed by atoms with Crippen LogP contribution in [-0.4, -0.2) is 19.0 Å². The van der Waals surface area contributed by atoms with Gasteiger partial charge in [0.1, 0.15) is 0 Å². The number of fused-ring (bicyclic) bond motifs is 2. The van der Waals surface area contributed by atoms with E-state index in [9.17, 15) is 4.79 Å². The second-order valence-corrected chi connectivity index (χ2v) is 5.39. The van der Waals surface area contributed by atoms with Crippen LogP contribution in [0.2, 0.25) is 0 Å². The third-order valence-electron chi connectivity index (χ3n) is 3.55. The van der Waals surface area contributed by atoms with Gasteiger partial charge in [-0.05, 0) is 43.6 Å². The Balaban J connectivity index is 0.00000108. The summed E-state index contributed by atoms with van der Waals surface area (Å²) in [5.41, 5.74) is 1.89. The quantitative estimate of drug-likeness (QED) is 0.770. The summed E-state index contributed by atoms with van der Waals surface area (Å²) in [5.74, 6) is 0.0678. The molecular weight excluding hydrogens is 304 g/mol. The number of halogens is 2. The normalized spacial score (nSPS) is 20.6. The average Bonchev–Trinajstić information content (AvgIpc) is 2.53. The van der Waals surface area contributed by atoms with Gasteiger partial charge in [-0.15, -0.1) is 12.4 Å². The van der Waals surface area contributed by atoms with Crippen molar-refractivity contribution in [3.8, 4) is 0 Å². The van der Waals surface area contributed by atoms with Crippen molar-refractivity contribution in [1.29, 1.82) is 0 Å². The zero-order chi connectivity index (χ0) is 11.2. The van der Waals surface area contributed by atoms with Crippen LogP contribution in [0.5, 0.6) is 0 Å². The molecule has 2 N–H and O–H groups in total. The molecule has 17 heavy (non-hydrogen) atoms. The van der Waals surface area contributed by atoms with Crippen molar-refractivity contribution in [2.24, 2.45) is 0 Å². The highest BCUT2D eigenvalue weighted by Crippen LogP contribution is 2.38. The van der Waals surface area contributed by atoms with E-state index in [0.717, 1.165) is 36.0 Å². The van der Waals surface area contributed by atoms with Gasteiger partial charge in [0, 0.05) is 10.0 Å². The van der Waals surface area contributed by atoms with E-state index in [0.29, 0.717) is 0 Å². The average molecular weight is 318 g/mol. The van der Waals surface area contributed by atoms with Gasteiger partial charge in [-0.2, -0.15) is 0 Å². The second-order valence-electron chi connectivity index (χ2n) is 4.48. The van der Waals surface area contributed by atoms with Gasteiger partial charge < -0.3 is 10.6 Å². The highest BCUT2D eigenvalue weighted by Gasteiger charge is 2.43. The second kappa shape index (κ2) is 4.59. The maximum Gasteiger partial charge on any atom is 0.252 e. The topological polar surface area (TPSA) is 41.1 Å². The Kier molecular flexibility index (Phi) is 3.48. The van der Waals surface area contributed by atoms with Crippen molar-refractivity contribution < 1.29 is 4.79 Å². The Morgan fingerprint density at radius 1 is 1.24 bits per heavy atom. The lowest BCUT2D eigenvalue weighted by Gasteiger charge is -2.34. The van der Waals surface area contributed by atoms with Crippen molar-refractivity contribution in [3.63, 3.8) is 0 Å². The van der Waals surface area contributed by atoms with Crippen molar-refractivity contribution in [3.05, 3.63) is 33.8 Å². The third-order valence-corrected chi connectivity index (χ3v) is 4.04. The SMILES string of the molecule is Cl.O=C1NC2(CCNCC2)c2ccc(Br)cc21. The Labute approximate surface area is 115 Å². The molecule has 3 nitrogen and oxygen atoms in total. The van der Waals surface area contributed by atoms with Crippen LogP contribution in [0.4, 0.5) is 0 Å². The molecule has 1 aromatic rings. The first-order chi connectivity index (χ1) is 7.71. The predicted molar refractivity (Wildman–Crippen MR) is 72.6 cm³/mol.